The zero-order valence-electron chi connectivity index (χ0n) is 16.7. The number of benzene rings is 1. The first-order chi connectivity index (χ1) is 14.4. The molecule has 1 N–H and O–H groups in total. The van der Waals surface area contributed by atoms with E-state index in [0.29, 0.717) is 12.1 Å². The number of piperazine rings is 1. The molecule has 1 saturated carbocycles. The first-order valence-electron chi connectivity index (χ1n) is 10.1. The molecule has 1 aliphatic heterocycles. The fourth-order valence-electron chi connectivity index (χ4n) is 3.97. The van der Waals surface area contributed by atoms with Crippen molar-refractivity contribution in [1.29, 1.82) is 0 Å². The van der Waals surface area contributed by atoms with Crippen molar-refractivity contribution in [3.63, 3.8) is 0 Å². The lowest BCUT2D eigenvalue weighted by Crippen LogP contribution is -2.53. The molecule has 172 valence electrons. The van der Waals surface area contributed by atoms with Crippen LogP contribution in [0.15, 0.2) is 18.2 Å². The second kappa shape index (κ2) is 8.96. The summed E-state index contributed by atoms with van der Waals surface area (Å²) in [7, 11) is 0. The van der Waals surface area contributed by atoms with E-state index in [2.05, 4.69) is 5.32 Å². The highest BCUT2D eigenvalue weighted by atomic mass is 19.4. The molecular weight excluding hydrogens is 428 g/mol. The molecule has 0 aromatic heterocycles. The van der Waals surface area contributed by atoms with Crippen molar-refractivity contribution < 1.29 is 35.9 Å². The summed E-state index contributed by atoms with van der Waals surface area (Å²) < 4.78 is 77.8. The summed E-state index contributed by atoms with van der Waals surface area (Å²) in [6.07, 6.45) is -5.17. The van der Waals surface area contributed by atoms with Gasteiger partial charge in [-0.05, 0) is 31.0 Å². The number of alkyl halides is 6. The van der Waals surface area contributed by atoms with Gasteiger partial charge >= 0.3 is 18.4 Å². The number of carbonyl (C=O) groups is 2. The zero-order chi connectivity index (χ0) is 22.8. The highest BCUT2D eigenvalue weighted by molar-refractivity contribution is 5.90. The topological polar surface area (TPSA) is 52.7 Å². The van der Waals surface area contributed by atoms with Gasteiger partial charge in [-0.3, -0.25) is 4.79 Å². The Labute approximate surface area is 175 Å². The van der Waals surface area contributed by atoms with Crippen LogP contribution in [0.4, 0.5) is 36.8 Å². The van der Waals surface area contributed by atoms with Gasteiger partial charge in [-0.1, -0.05) is 19.3 Å². The molecule has 2 fully saturated rings. The van der Waals surface area contributed by atoms with E-state index in [4.69, 9.17) is 0 Å². The minimum Gasteiger partial charge on any atom is -0.339 e. The summed E-state index contributed by atoms with van der Waals surface area (Å²) in [6, 6.07) is 0.134. The fourth-order valence-corrected chi connectivity index (χ4v) is 3.97. The number of amides is 3. The van der Waals surface area contributed by atoms with E-state index in [1.807, 2.05) is 0 Å². The molecule has 3 rings (SSSR count). The summed E-state index contributed by atoms with van der Waals surface area (Å²) in [5, 5.41) is 2.13. The van der Waals surface area contributed by atoms with Crippen molar-refractivity contribution in [3.8, 4) is 0 Å². The van der Waals surface area contributed by atoms with Gasteiger partial charge in [0.2, 0.25) is 5.91 Å². The van der Waals surface area contributed by atoms with Gasteiger partial charge in [0.25, 0.3) is 0 Å². The lowest BCUT2D eigenvalue weighted by Gasteiger charge is -2.37. The Morgan fingerprint density at radius 2 is 1.26 bits per heavy atom. The Bertz CT molecular complexity index is 778. The molecule has 31 heavy (non-hydrogen) atoms. The molecule has 11 heteroatoms. The van der Waals surface area contributed by atoms with Crippen molar-refractivity contribution in [3.05, 3.63) is 29.3 Å². The standard InChI is InChI=1S/C20H23F6N3O2/c21-19(22,23)14-10-15(20(24,25)26)12-16(11-14)27-18(31)29-8-6-28(7-9-29)17(30)13-4-2-1-3-5-13/h10-13H,1-9H2,(H,27,31). The van der Waals surface area contributed by atoms with Crippen LogP contribution in [0.1, 0.15) is 43.2 Å². The number of hydrogen-bond acceptors (Lipinski definition) is 2. The van der Waals surface area contributed by atoms with Crippen LogP contribution in [-0.4, -0.2) is 47.9 Å². The molecule has 0 atom stereocenters. The van der Waals surface area contributed by atoms with Crippen LogP contribution in [0.5, 0.6) is 0 Å². The highest BCUT2D eigenvalue weighted by Crippen LogP contribution is 2.37. The molecule has 5 nitrogen and oxygen atoms in total. The Morgan fingerprint density at radius 3 is 1.74 bits per heavy atom. The van der Waals surface area contributed by atoms with Crippen LogP contribution in [-0.2, 0) is 17.1 Å². The van der Waals surface area contributed by atoms with Gasteiger partial charge in [0.05, 0.1) is 11.1 Å². The first kappa shape index (κ1) is 23.2. The molecule has 1 aromatic rings. The number of halogens is 6. The van der Waals surface area contributed by atoms with E-state index in [-0.39, 0.29) is 44.1 Å². The van der Waals surface area contributed by atoms with Crippen molar-refractivity contribution in [2.45, 2.75) is 44.5 Å². The third-order valence-electron chi connectivity index (χ3n) is 5.67. The van der Waals surface area contributed by atoms with Crippen molar-refractivity contribution in [2.75, 3.05) is 31.5 Å². The summed E-state index contributed by atoms with van der Waals surface area (Å²) in [5.74, 6) is 0.0347. The predicted octanol–water partition coefficient (Wildman–Crippen LogP) is 4.98. The van der Waals surface area contributed by atoms with E-state index in [9.17, 15) is 35.9 Å². The van der Waals surface area contributed by atoms with Gasteiger partial charge in [0.15, 0.2) is 0 Å². The van der Waals surface area contributed by atoms with Gasteiger partial charge in [0, 0.05) is 37.8 Å². The van der Waals surface area contributed by atoms with Gasteiger partial charge in [-0.15, -0.1) is 0 Å². The van der Waals surface area contributed by atoms with E-state index in [1.165, 1.54) is 4.90 Å². The van der Waals surface area contributed by atoms with Crippen LogP contribution < -0.4 is 5.32 Å². The first-order valence-corrected chi connectivity index (χ1v) is 10.1. The third kappa shape index (κ3) is 5.82. The van der Waals surface area contributed by atoms with Gasteiger partial charge in [0.1, 0.15) is 0 Å². The van der Waals surface area contributed by atoms with Crippen LogP contribution in [0.2, 0.25) is 0 Å². The summed E-state index contributed by atoms with van der Waals surface area (Å²) in [5.41, 5.74) is -3.59. The van der Waals surface area contributed by atoms with Crippen molar-refractivity contribution in [1.82, 2.24) is 9.80 Å². The van der Waals surface area contributed by atoms with Crippen molar-refractivity contribution >= 4 is 17.6 Å². The fraction of sp³-hybridized carbons (Fsp3) is 0.600. The van der Waals surface area contributed by atoms with Gasteiger partial charge < -0.3 is 15.1 Å². The number of nitrogens with one attached hydrogen (secondary N) is 1. The second-order valence-electron chi connectivity index (χ2n) is 7.87. The molecule has 1 aliphatic carbocycles. The number of hydrogen-bond donors (Lipinski definition) is 1. The number of rotatable bonds is 2. The normalized spacial score (nSPS) is 18.8. The van der Waals surface area contributed by atoms with Crippen LogP contribution >= 0.6 is 0 Å². The molecule has 0 unspecified atom stereocenters. The molecule has 0 bridgehead atoms. The van der Waals surface area contributed by atoms with Crippen molar-refractivity contribution in [2.24, 2.45) is 5.92 Å². The van der Waals surface area contributed by atoms with E-state index < -0.39 is 35.2 Å². The minimum absolute atomic E-state index is 0.00526. The number of urea groups is 1. The third-order valence-corrected chi connectivity index (χ3v) is 5.67. The molecule has 1 aromatic carbocycles. The molecular formula is C20H23F6N3O2. The predicted molar refractivity (Wildman–Crippen MR) is 100 cm³/mol. The summed E-state index contributed by atoms with van der Waals surface area (Å²) in [4.78, 5) is 27.9. The zero-order valence-corrected chi connectivity index (χ0v) is 16.7. The van der Waals surface area contributed by atoms with Gasteiger partial charge in [-0.2, -0.15) is 26.3 Å². The molecule has 0 spiro atoms. The average Bonchev–Trinajstić information content (AvgIpc) is 2.72. The Kier molecular flexibility index (Phi) is 6.70. The van der Waals surface area contributed by atoms with E-state index in [0.717, 1.165) is 32.1 Å². The highest BCUT2D eigenvalue weighted by Gasteiger charge is 2.37. The molecule has 3 amide bonds. The second-order valence-corrected chi connectivity index (χ2v) is 7.87. The summed E-state index contributed by atoms with van der Waals surface area (Å²) >= 11 is 0. The number of carbonyl (C=O) groups excluding carboxylic acids is 2. The Morgan fingerprint density at radius 1 is 0.774 bits per heavy atom. The minimum atomic E-state index is -4.99. The van der Waals surface area contributed by atoms with Crippen LogP contribution in [0.3, 0.4) is 0 Å². The van der Waals surface area contributed by atoms with Crippen LogP contribution in [0.25, 0.3) is 0 Å². The lowest BCUT2D eigenvalue weighted by atomic mass is 9.88. The quantitative estimate of drug-likeness (QED) is 0.645. The molecule has 0 radical (unpaired) electrons. The number of anilines is 1. The maximum absolute atomic E-state index is 13.0. The monoisotopic (exact) mass is 451 g/mol. The smallest absolute Gasteiger partial charge is 0.339 e. The van der Waals surface area contributed by atoms with Crippen LogP contribution in [0, 0.1) is 5.92 Å². The lowest BCUT2D eigenvalue weighted by molar-refractivity contribution is -0.143. The van der Waals surface area contributed by atoms with E-state index in [1.54, 1.807) is 4.90 Å². The summed E-state index contributed by atoms with van der Waals surface area (Å²) in [6.45, 7) is 0.850. The van der Waals surface area contributed by atoms with Gasteiger partial charge in [-0.25, -0.2) is 4.79 Å². The SMILES string of the molecule is O=C(Nc1cc(C(F)(F)F)cc(C(F)(F)F)c1)N1CCN(C(=O)C2CCCCC2)CC1. The van der Waals surface area contributed by atoms with E-state index >= 15 is 0 Å². The average molecular weight is 451 g/mol. The Hall–Kier alpha value is -2.46. The molecule has 1 heterocycles. The maximum Gasteiger partial charge on any atom is 0.416 e. The number of nitrogens with zero attached hydrogens (tertiary/aromatic N) is 2. The largest absolute Gasteiger partial charge is 0.416 e. The Balaban J connectivity index is 1.63. The molecule has 2 aliphatic rings. The molecule has 1 saturated heterocycles. The maximum atomic E-state index is 13.0.